The van der Waals surface area contributed by atoms with Crippen LogP contribution in [-0.4, -0.2) is 25.9 Å². The minimum Gasteiger partial charge on any atom is -0.395 e. The molecule has 0 heterocycles. The molecule has 108 valence electrons. The first-order chi connectivity index (χ1) is 9.50. The highest BCUT2D eigenvalue weighted by molar-refractivity contribution is 7.92. The molecule has 1 fully saturated rings. The van der Waals surface area contributed by atoms with Gasteiger partial charge < -0.3 is 5.11 Å². The van der Waals surface area contributed by atoms with Crippen molar-refractivity contribution in [2.45, 2.75) is 19.3 Å². The molecule has 1 aliphatic rings. The summed E-state index contributed by atoms with van der Waals surface area (Å²) in [5.74, 6) is 6.05. The average Bonchev–Trinajstić information content (AvgIpc) is 3.16. The molecule has 0 aliphatic heterocycles. The number of aliphatic hydroxyl groups excluding tert-OH is 1. The summed E-state index contributed by atoms with van der Waals surface area (Å²) in [6.45, 7) is 0.00145. The Bertz CT molecular complexity index is 642. The molecule has 2 N–H and O–H groups in total. The van der Waals surface area contributed by atoms with Gasteiger partial charge in [0, 0.05) is 12.0 Å². The predicted octanol–water partition coefficient (Wildman–Crippen LogP) is 2.23. The second-order valence-electron chi connectivity index (χ2n) is 4.80. The van der Waals surface area contributed by atoms with Gasteiger partial charge in [0.25, 0.3) is 0 Å². The molecule has 20 heavy (non-hydrogen) atoms. The number of halogens is 1. The Morgan fingerprint density at radius 3 is 2.80 bits per heavy atom. The molecule has 0 atom stereocenters. The highest BCUT2D eigenvalue weighted by Gasteiger charge is 2.28. The number of rotatable bonds is 5. The standard InChI is InChI=1S/C14H16ClNO3S/c15-13-7-6-11(3-1-2-8-17)9-14(13)16-20(18,19)10-12-4-5-12/h6-7,9,12,16-17H,2,4-5,8,10H2. The summed E-state index contributed by atoms with van der Waals surface area (Å²) in [6, 6.07) is 4.93. The number of benzene rings is 1. The Morgan fingerprint density at radius 2 is 2.15 bits per heavy atom. The molecule has 0 radical (unpaired) electrons. The van der Waals surface area contributed by atoms with E-state index in [-0.39, 0.29) is 18.3 Å². The Morgan fingerprint density at radius 1 is 1.40 bits per heavy atom. The second-order valence-corrected chi connectivity index (χ2v) is 6.97. The Kier molecular flexibility index (Phi) is 4.92. The van der Waals surface area contributed by atoms with Gasteiger partial charge in [-0.15, -0.1) is 0 Å². The summed E-state index contributed by atoms with van der Waals surface area (Å²) in [6.07, 6.45) is 2.33. The van der Waals surface area contributed by atoms with E-state index in [2.05, 4.69) is 16.6 Å². The molecule has 0 aromatic heterocycles. The van der Waals surface area contributed by atoms with Gasteiger partial charge >= 0.3 is 0 Å². The molecule has 2 rings (SSSR count). The van der Waals surface area contributed by atoms with Gasteiger partial charge in [0.05, 0.1) is 23.1 Å². The van der Waals surface area contributed by atoms with Crippen molar-refractivity contribution in [2.75, 3.05) is 17.1 Å². The van der Waals surface area contributed by atoms with Crippen LogP contribution in [0.1, 0.15) is 24.8 Å². The summed E-state index contributed by atoms with van der Waals surface area (Å²) in [4.78, 5) is 0. The van der Waals surface area contributed by atoms with E-state index in [1.165, 1.54) is 0 Å². The zero-order valence-electron chi connectivity index (χ0n) is 10.9. The molecular weight excluding hydrogens is 298 g/mol. The number of hydrogen-bond donors (Lipinski definition) is 2. The summed E-state index contributed by atoms with van der Waals surface area (Å²) in [7, 11) is -3.36. The van der Waals surface area contributed by atoms with Crippen LogP contribution in [0.5, 0.6) is 0 Å². The number of hydrogen-bond acceptors (Lipinski definition) is 3. The third kappa shape index (κ3) is 4.71. The van der Waals surface area contributed by atoms with E-state index in [4.69, 9.17) is 16.7 Å². The van der Waals surface area contributed by atoms with Crippen molar-refractivity contribution in [1.29, 1.82) is 0 Å². The van der Waals surface area contributed by atoms with E-state index in [1.807, 2.05) is 0 Å². The van der Waals surface area contributed by atoms with Crippen molar-refractivity contribution in [3.63, 3.8) is 0 Å². The fourth-order valence-electron chi connectivity index (χ4n) is 1.71. The number of nitrogens with one attached hydrogen (secondary N) is 1. The van der Waals surface area contributed by atoms with Gasteiger partial charge in [-0.1, -0.05) is 23.4 Å². The second kappa shape index (κ2) is 6.49. The van der Waals surface area contributed by atoms with E-state index in [0.717, 1.165) is 12.8 Å². The van der Waals surface area contributed by atoms with Gasteiger partial charge in [-0.2, -0.15) is 0 Å². The third-order valence-corrected chi connectivity index (χ3v) is 4.62. The number of sulfonamides is 1. The lowest BCUT2D eigenvalue weighted by Gasteiger charge is -2.09. The summed E-state index contributed by atoms with van der Waals surface area (Å²) < 4.78 is 26.4. The first-order valence-electron chi connectivity index (χ1n) is 6.40. The summed E-state index contributed by atoms with van der Waals surface area (Å²) in [5.41, 5.74) is 1.01. The fourth-order valence-corrected chi connectivity index (χ4v) is 3.47. The maximum absolute atomic E-state index is 11.9. The van der Waals surface area contributed by atoms with Crippen LogP contribution in [0.2, 0.25) is 5.02 Å². The summed E-state index contributed by atoms with van der Waals surface area (Å²) >= 11 is 6.00. The monoisotopic (exact) mass is 313 g/mol. The van der Waals surface area contributed by atoms with E-state index in [9.17, 15) is 8.42 Å². The fraction of sp³-hybridized carbons (Fsp3) is 0.429. The van der Waals surface area contributed by atoms with Crippen LogP contribution < -0.4 is 4.72 Å². The molecule has 1 aliphatic carbocycles. The molecule has 0 spiro atoms. The van der Waals surface area contributed by atoms with Crippen LogP contribution in [0.15, 0.2) is 18.2 Å². The van der Waals surface area contributed by atoms with Crippen LogP contribution in [0.4, 0.5) is 5.69 Å². The number of aliphatic hydroxyl groups is 1. The zero-order valence-corrected chi connectivity index (χ0v) is 12.5. The zero-order chi connectivity index (χ0) is 14.6. The van der Waals surface area contributed by atoms with Crippen LogP contribution in [-0.2, 0) is 10.0 Å². The van der Waals surface area contributed by atoms with Crippen molar-refractivity contribution in [1.82, 2.24) is 0 Å². The lowest BCUT2D eigenvalue weighted by molar-refractivity contribution is 0.305. The smallest absolute Gasteiger partial charge is 0.233 e. The largest absolute Gasteiger partial charge is 0.395 e. The first kappa shape index (κ1) is 15.2. The molecule has 0 amide bonds. The lowest BCUT2D eigenvalue weighted by Crippen LogP contribution is -2.18. The Balaban J connectivity index is 2.14. The lowest BCUT2D eigenvalue weighted by atomic mass is 10.2. The van der Waals surface area contributed by atoms with Gasteiger partial charge in [-0.05, 0) is 37.0 Å². The minimum atomic E-state index is -3.36. The molecular formula is C14H16ClNO3S. The molecule has 1 aromatic rings. The van der Waals surface area contributed by atoms with E-state index in [0.29, 0.717) is 22.7 Å². The van der Waals surface area contributed by atoms with Crippen LogP contribution >= 0.6 is 11.6 Å². The average molecular weight is 314 g/mol. The molecule has 0 bridgehead atoms. The van der Waals surface area contributed by atoms with Gasteiger partial charge in [0.2, 0.25) is 10.0 Å². The maximum Gasteiger partial charge on any atom is 0.233 e. The summed E-state index contributed by atoms with van der Waals surface area (Å²) in [5, 5.41) is 9.01. The van der Waals surface area contributed by atoms with Crippen molar-refractivity contribution < 1.29 is 13.5 Å². The molecule has 4 nitrogen and oxygen atoms in total. The van der Waals surface area contributed by atoms with Crippen molar-refractivity contribution in [3.05, 3.63) is 28.8 Å². The normalized spacial score (nSPS) is 14.5. The van der Waals surface area contributed by atoms with Gasteiger partial charge in [-0.25, -0.2) is 8.42 Å². The van der Waals surface area contributed by atoms with Crippen LogP contribution in [0.25, 0.3) is 0 Å². The van der Waals surface area contributed by atoms with Gasteiger partial charge in [0.15, 0.2) is 0 Å². The molecule has 6 heteroatoms. The molecule has 0 saturated heterocycles. The van der Waals surface area contributed by atoms with Gasteiger partial charge in [-0.3, -0.25) is 4.72 Å². The quantitative estimate of drug-likeness (QED) is 0.819. The van der Waals surface area contributed by atoms with Crippen LogP contribution in [0.3, 0.4) is 0 Å². The Hall–Kier alpha value is -1.22. The maximum atomic E-state index is 11.9. The van der Waals surface area contributed by atoms with Crippen molar-refractivity contribution >= 4 is 27.3 Å². The molecule has 1 aromatic carbocycles. The third-order valence-electron chi connectivity index (χ3n) is 2.85. The topological polar surface area (TPSA) is 66.4 Å². The predicted molar refractivity (Wildman–Crippen MR) is 80.2 cm³/mol. The van der Waals surface area contributed by atoms with Gasteiger partial charge in [0.1, 0.15) is 0 Å². The minimum absolute atomic E-state index is 0.00145. The van der Waals surface area contributed by atoms with Crippen molar-refractivity contribution in [3.8, 4) is 11.8 Å². The number of anilines is 1. The molecule has 0 unspecified atom stereocenters. The van der Waals surface area contributed by atoms with Crippen molar-refractivity contribution in [2.24, 2.45) is 5.92 Å². The Labute approximate surface area is 124 Å². The van der Waals surface area contributed by atoms with E-state index in [1.54, 1.807) is 18.2 Å². The SMILES string of the molecule is O=S(=O)(CC1CC1)Nc1cc(C#CCCO)ccc1Cl. The highest BCUT2D eigenvalue weighted by atomic mass is 35.5. The van der Waals surface area contributed by atoms with E-state index >= 15 is 0 Å². The molecule has 1 saturated carbocycles. The highest BCUT2D eigenvalue weighted by Crippen LogP contribution is 2.31. The van der Waals surface area contributed by atoms with Crippen LogP contribution in [0, 0.1) is 17.8 Å². The van der Waals surface area contributed by atoms with E-state index < -0.39 is 10.0 Å². The first-order valence-corrected chi connectivity index (χ1v) is 8.43.